The minimum absolute atomic E-state index is 0.00703. The predicted octanol–water partition coefficient (Wildman–Crippen LogP) is 5.47. The molecule has 0 spiro atoms. The molecule has 0 heterocycles. The molecule has 0 fully saturated rings. The largest absolute Gasteiger partial charge is 0.413 e. The number of benzene rings is 2. The molecule has 2 aromatic rings. The van der Waals surface area contributed by atoms with Gasteiger partial charge < -0.3 is 4.43 Å². The molecular weight excluding hydrogens is 337 g/mol. The molecule has 2 rings (SSSR count). The fraction of sp³-hybridized carbons (Fsp3) is 0.368. The van der Waals surface area contributed by atoms with Crippen molar-refractivity contribution in [1.29, 1.82) is 0 Å². The van der Waals surface area contributed by atoms with Gasteiger partial charge in [-0.05, 0) is 41.8 Å². The van der Waals surface area contributed by atoms with Crippen LogP contribution in [0, 0.1) is 15.9 Å². The molecule has 1 radical (unpaired) electrons. The third-order valence-corrected chi connectivity index (χ3v) is 4.70. The molecular formula is C19H23FNO3Si. The van der Waals surface area contributed by atoms with Crippen molar-refractivity contribution in [3.8, 4) is 11.1 Å². The Labute approximate surface area is 149 Å². The Morgan fingerprint density at radius 3 is 2.20 bits per heavy atom. The molecule has 0 aliphatic carbocycles. The van der Waals surface area contributed by atoms with Gasteiger partial charge >= 0.3 is 0 Å². The van der Waals surface area contributed by atoms with Gasteiger partial charge in [-0.25, -0.2) is 4.39 Å². The molecule has 0 amide bonds. The van der Waals surface area contributed by atoms with Crippen molar-refractivity contribution in [1.82, 2.24) is 0 Å². The van der Waals surface area contributed by atoms with Gasteiger partial charge in [-0.2, -0.15) is 0 Å². The van der Waals surface area contributed by atoms with E-state index in [2.05, 4.69) is 20.8 Å². The molecule has 0 saturated heterocycles. The summed E-state index contributed by atoms with van der Waals surface area (Å²) in [6, 6.07) is 10.3. The highest BCUT2D eigenvalue weighted by Gasteiger charge is 2.25. The maximum absolute atomic E-state index is 14.2. The molecule has 0 saturated carbocycles. The summed E-state index contributed by atoms with van der Waals surface area (Å²) in [5.41, 5.74) is 2.02. The molecule has 0 aliphatic heterocycles. The molecule has 25 heavy (non-hydrogen) atoms. The molecule has 133 valence electrons. The zero-order valence-corrected chi connectivity index (χ0v) is 16.2. The summed E-state index contributed by atoms with van der Waals surface area (Å²) in [6.45, 7) is 10.0. The molecule has 0 bridgehead atoms. The number of rotatable bonds is 5. The minimum atomic E-state index is -1.08. The van der Waals surface area contributed by atoms with E-state index >= 15 is 0 Å². The highest BCUT2D eigenvalue weighted by molar-refractivity contribution is 6.48. The SMILES string of the molecule is C[Si](C)OCc1c(F)ccc(-c2ccc(C(C)(C)C)cc2)c1[N+](=O)[O-]. The van der Waals surface area contributed by atoms with Crippen molar-refractivity contribution in [2.75, 3.05) is 0 Å². The van der Waals surface area contributed by atoms with E-state index in [9.17, 15) is 14.5 Å². The van der Waals surface area contributed by atoms with Gasteiger partial charge in [0.05, 0.1) is 22.7 Å². The summed E-state index contributed by atoms with van der Waals surface area (Å²) < 4.78 is 19.7. The average molecular weight is 360 g/mol. The lowest BCUT2D eigenvalue weighted by atomic mass is 9.86. The van der Waals surface area contributed by atoms with Gasteiger partial charge in [-0.15, -0.1) is 0 Å². The predicted molar refractivity (Wildman–Crippen MR) is 99.5 cm³/mol. The summed E-state index contributed by atoms with van der Waals surface area (Å²) in [5.74, 6) is -0.606. The second-order valence-electron chi connectivity index (χ2n) is 7.20. The summed E-state index contributed by atoms with van der Waals surface area (Å²) in [5, 5.41) is 11.6. The summed E-state index contributed by atoms with van der Waals surface area (Å²) in [4.78, 5) is 11.1. The number of nitro groups is 1. The van der Waals surface area contributed by atoms with Crippen LogP contribution in [0.5, 0.6) is 0 Å². The molecule has 0 unspecified atom stereocenters. The lowest BCUT2D eigenvalue weighted by molar-refractivity contribution is -0.385. The Morgan fingerprint density at radius 2 is 1.72 bits per heavy atom. The zero-order chi connectivity index (χ0) is 18.8. The lowest BCUT2D eigenvalue weighted by Crippen LogP contribution is -2.11. The van der Waals surface area contributed by atoms with Crippen molar-refractivity contribution in [3.05, 3.63) is 63.5 Å². The van der Waals surface area contributed by atoms with E-state index in [0.717, 1.165) is 5.56 Å². The first kappa shape index (κ1) is 19.3. The maximum atomic E-state index is 14.2. The van der Waals surface area contributed by atoms with Crippen molar-refractivity contribution in [3.63, 3.8) is 0 Å². The number of nitrogens with zero attached hydrogens (tertiary/aromatic N) is 1. The van der Waals surface area contributed by atoms with Crippen LogP contribution in [0.4, 0.5) is 10.1 Å². The van der Waals surface area contributed by atoms with Gasteiger partial charge in [0, 0.05) is 0 Å². The van der Waals surface area contributed by atoms with Crippen LogP contribution in [0.1, 0.15) is 31.9 Å². The highest BCUT2D eigenvalue weighted by atomic mass is 28.3. The van der Waals surface area contributed by atoms with Crippen molar-refractivity contribution in [2.45, 2.75) is 45.9 Å². The molecule has 0 atom stereocenters. The lowest BCUT2D eigenvalue weighted by Gasteiger charge is -2.19. The molecule has 0 aromatic heterocycles. The van der Waals surface area contributed by atoms with E-state index in [1.807, 2.05) is 37.4 Å². The van der Waals surface area contributed by atoms with Crippen molar-refractivity contribution >= 4 is 14.7 Å². The highest BCUT2D eigenvalue weighted by Crippen LogP contribution is 2.36. The number of hydrogen-bond acceptors (Lipinski definition) is 3. The van der Waals surface area contributed by atoms with Crippen LogP contribution < -0.4 is 0 Å². The molecule has 0 N–H and O–H groups in total. The Balaban J connectivity index is 2.54. The van der Waals surface area contributed by atoms with Crippen LogP contribution in [0.3, 0.4) is 0 Å². The van der Waals surface area contributed by atoms with Gasteiger partial charge in [0.2, 0.25) is 9.04 Å². The fourth-order valence-electron chi connectivity index (χ4n) is 2.56. The molecule has 6 heteroatoms. The number of hydrogen-bond donors (Lipinski definition) is 0. The van der Waals surface area contributed by atoms with Crippen molar-refractivity contribution < 1.29 is 13.7 Å². The number of nitro benzene ring substituents is 1. The Bertz CT molecular complexity index is 767. The van der Waals surface area contributed by atoms with Crippen LogP contribution in [-0.4, -0.2) is 14.0 Å². The monoisotopic (exact) mass is 360 g/mol. The standard InChI is InChI=1S/C19H23FNO3Si/c1-19(2,3)14-8-6-13(7-9-14)15-10-11-17(20)16(12-24-25(4)5)18(15)21(22)23/h6-11H,12H2,1-5H3. The number of halogens is 1. The van der Waals surface area contributed by atoms with E-state index in [-0.39, 0.29) is 23.3 Å². The first-order chi connectivity index (χ1) is 11.6. The minimum Gasteiger partial charge on any atom is -0.413 e. The Kier molecular flexibility index (Phi) is 5.75. The van der Waals surface area contributed by atoms with Gasteiger partial charge in [-0.1, -0.05) is 45.0 Å². The Hall–Kier alpha value is -2.05. The fourth-order valence-corrected chi connectivity index (χ4v) is 2.99. The van der Waals surface area contributed by atoms with E-state index in [0.29, 0.717) is 11.1 Å². The van der Waals surface area contributed by atoms with E-state index in [1.165, 1.54) is 12.1 Å². The van der Waals surface area contributed by atoms with Crippen LogP contribution in [0.25, 0.3) is 11.1 Å². The normalized spacial score (nSPS) is 11.8. The van der Waals surface area contributed by atoms with Gasteiger partial charge in [0.15, 0.2) is 0 Å². The first-order valence-electron chi connectivity index (χ1n) is 8.11. The third-order valence-electron chi connectivity index (χ3n) is 3.98. The van der Waals surface area contributed by atoms with E-state index in [4.69, 9.17) is 4.43 Å². The van der Waals surface area contributed by atoms with Crippen LogP contribution in [0.15, 0.2) is 36.4 Å². The maximum Gasteiger partial charge on any atom is 0.285 e. The second-order valence-corrected chi connectivity index (χ2v) is 9.31. The van der Waals surface area contributed by atoms with Crippen LogP contribution in [0.2, 0.25) is 13.1 Å². The quantitative estimate of drug-likeness (QED) is 0.404. The zero-order valence-electron chi connectivity index (χ0n) is 15.2. The summed E-state index contributed by atoms with van der Waals surface area (Å²) in [6.07, 6.45) is 0. The van der Waals surface area contributed by atoms with Gasteiger partial charge in [0.25, 0.3) is 5.69 Å². The molecule has 2 aromatic carbocycles. The second kappa shape index (κ2) is 7.45. The molecule has 4 nitrogen and oxygen atoms in total. The first-order valence-corrected chi connectivity index (χ1v) is 10.5. The van der Waals surface area contributed by atoms with Crippen LogP contribution >= 0.6 is 0 Å². The van der Waals surface area contributed by atoms with Gasteiger partial charge in [-0.3, -0.25) is 10.1 Å². The average Bonchev–Trinajstić information content (AvgIpc) is 2.52. The third kappa shape index (κ3) is 4.52. The summed E-state index contributed by atoms with van der Waals surface area (Å²) >= 11 is 0. The van der Waals surface area contributed by atoms with E-state index < -0.39 is 19.8 Å². The van der Waals surface area contributed by atoms with Crippen molar-refractivity contribution in [2.24, 2.45) is 0 Å². The Morgan fingerprint density at radius 1 is 1.12 bits per heavy atom. The topological polar surface area (TPSA) is 52.4 Å². The smallest absolute Gasteiger partial charge is 0.285 e. The molecule has 0 aliphatic rings. The van der Waals surface area contributed by atoms with E-state index in [1.54, 1.807) is 0 Å². The summed E-state index contributed by atoms with van der Waals surface area (Å²) in [7, 11) is -1.08. The van der Waals surface area contributed by atoms with Gasteiger partial charge in [0.1, 0.15) is 5.82 Å². The van der Waals surface area contributed by atoms with Crippen LogP contribution in [-0.2, 0) is 16.4 Å².